The molecule has 0 aliphatic carbocycles. The molecule has 0 atom stereocenters. The normalized spacial score (nSPS) is 8.50. The van der Waals surface area contributed by atoms with Gasteiger partial charge in [-0.05, 0) is 0 Å². The van der Waals surface area contributed by atoms with Crippen LogP contribution in [-0.4, -0.2) is 13.0 Å². The maximum absolute atomic E-state index is 9.34. The molecule has 5 nitrogen and oxygen atoms in total. The van der Waals surface area contributed by atoms with Gasteiger partial charge in [-0.2, -0.15) is 8.42 Å². The average Bonchev–Trinajstić information content (AvgIpc) is 1.30. The molecule has 0 fully saturated rings. The van der Waals surface area contributed by atoms with Crippen LogP contribution in [0.15, 0.2) is 0 Å². The zero-order valence-corrected chi connectivity index (χ0v) is 5.40. The molecule has 1 N–H and O–H groups in total. The fourth-order valence-corrected chi connectivity index (χ4v) is 0.141. The third-order valence-corrected chi connectivity index (χ3v) is 0.428. The molecule has 0 aromatic rings. The molecular weight excluding hydrogens is 177 g/mol. The van der Waals surface area contributed by atoms with Crippen LogP contribution in [0, 0.1) is 11.5 Å². The van der Waals surface area contributed by atoms with Gasteiger partial charge in [0.1, 0.15) is 0 Å². The van der Waals surface area contributed by atoms with Gasteiger partial charge >= 0.3 is 16.7 Å². The molecule has 0 heterocycles. The summed E-state index contributed by atoms with van der Waals surface area (Å²) in [4.78, 5) is 0. The first kappa shape index (κ1) is 10.7. The molecule has 0 amide bonds. The molecule has 47 valence electrons. The molecular formula is CHMnNO4S. The monoisotopic (exact) mass is 178 g/mol. The number of rotatable bonds is 1. The minimum absolute atomic E-state index is 0. The average molecular weight is 178 g/mol. The van der Waals surface area contributed by atoms with Gasteiger partial charge in [-0.15, -0.1) is 5.26 Å². The molecule has 7 heteroatoms. The van der Waals surface area contributed by atoms with Crippen molar-refractivity contribution < 1.29 is 34.2 Å². The summed E-state index contributed by atoms with van der Waals surface area (Å²) in [5.41, 5.74) is 0. The van der Waals surface area contributed by atoms with Crippen molar-refractivity contribution in [3.8, 4) is 6.26 Å². The molecule has 0 unspecified atom stereocenters. The van der Waals surface area contributed by atoms with Gasteiger partial charge in [0.25, 0.3) is 0 Å². The van der Waals surface area contributed by atoms with Crippen molar-refractivity contribution in [2.24, 2.45) is 0 Å². The van der Waals surface area contributed by atoms with E-state index in [-0.39, 0.29) is 17.1 Å². The zero-order chi connectivity index (χ0) is 5.91. The van der Waals surface area contributed by atoms with Crippen molar-refractivity contribution in [3.05, 3.63) is 0 Å². The Morgan fingerprint density at radius 2 is 2.00 bits per heavy atom. The van der Waals surface area contributed by atoms with E-state index < -0.39 is 10.4 Å². The van der Waals surface area contributed by atoms with E-state index in [4.69, 9.17) is 9.81 Å². The van der Waals surface area contributed by atoms with E-state index in [2.05, 4.69) is 4.18 Å². The first-order valence-electron chi connectivity index (χ1n) is 1.11. The van der Waals surface area contributed by atoms with Gasteiger partial charge in [0.15, 0.2) is 0 Å². The summed E-state index contributed by atoms with van der Waals surface area (Å²) in [6.07, 6.45) is 0.770. The number of hydrogen-bond donors (Lipinski definition) is 1. The standard InChI is InChI=1S/CHNO4S.Mn/c2-1-6-7(3,4)5;/h(H,3,4,5);. The topological polar surface area (TPSA) is 87.4 Å². The summed E-state index contributed by atoms with van der Waals surface area (Å²) in [5.74, 6) is 0. The molecule has 0 bridgehead atoms. The maximum atomic E-state index is 9.34. The van der Waals surface area contributed by atoms with E-state index in [1.807, 2.05) is 0 Å². The molecule has 0 aromatic heterocycles. The summed E-state index contributed by atoms with van der Waals surface area (Å²) in [6.45, 7) is 0. The number of hydrogen-bond acceptors (Lipinski definition) is 4. The first-order chi connectivity index (χ1) is 3.06. The van der Waals surface area contributed by atoms with Crippen LogP contribution < -0.4 is 0 Å². The van der Waals surface area contributed by atoms with Crippen LogP contribution in [0.3, 0.4) is 0 Å². The third-order valence-electron chi connectivity index (χ3n) is 0.143. The number of nitriles is 1. The van der Waals surface area contributed by atoms with Gasteiger partial charge in [0, 0.05) is 17.1 Å². The van der Waals surface area contributed by atoms with Gasteiger partial charge in [-0.3, -0.25) is 8.74 Å². The van der Waals surface area contributed by atoms with Crippen LogP contribution in [0.5, 0.6) is 0 Å². The van der Waals surface area contributed by atoms with Gasteiger partial charge in [-0.25, -0.2) is 0 Å². The van der Waals surface area contributed by atoms with Gasteiger partial charge in [-0.1, -0.05) is 0 Å². The minimum Gasteiger partial charge on any atom is -0.281 e. The molecule has 0 aromatic carbocycles. The van der Waals surface area contributed by atoms with Crippen LogP contribution in [0.2, 0.25) is 0 Å². The van der Waals surface area contributed by atoms with E-state index in [0.717, 1.165) is 6.26 Å². The summed E-state index contributed by atoms with van der Waals surface area (Å²) in [5, 5.41) is 7.39. The number of nitrogens with zero attached hydrogens (tertiary/aromatic N) is 1. The van der Waals surface area contributed by atoms with Gasteiger partial charge < -0.3 is 0 Å². The third kappa shape index (κ3) is 9.21. The van der Waals surface area contributed by atoms with Crippen LogP contribution in [0.1, 0.15) is 0 Å². The van der Waals surface area contributed by atoms with Crippen molar-refractivity contribution in [1.29, 1.82) is 5.26 Å². The molecule has 0 saturated heterocycles. The summed E-state index contributed by atoms with van der Waals surface area (Å²) in [6, 6.07) is 0. The minimum atomic E-state index is -4.54. The quantitative estimate of drug-likeness (QED) is 0.325. The Morgan fingerprint density at radius 1 is 1.62 bits per heavy atom. The van der Waals surface area contributed by atoms with Crippen LogP contribution in [0.4, 0.5) is 0 Å². The Kier molecular flexibility index (Phi) is 4.91. The second-order valence-electron chi connectivity index (χ2n) is 0.602. The molecule has 0 aliphatic heterocycles. The second-order valence-corrected chi connectivity index (χ2v) is 1.62. The first-order valence-corrected chi connectivity index (χ1v) is 2.48. The molecule has 1 radical (unpaired) electrons. The van der Waals surface area contributed by atoms with E-state index in [0.29, 0.717) is 0 Å². The summed E-state index contributed by atoms with van der Waals surface area (Å²) in [7, 11) is -4.54. The Labute approximate surface area is 56.7 Å². The Hall–Kier alpha value is -0.281. The zero-order valence-electron chi connectivity index (χ0n) is 3.41. The Balaban J connectivity index is 0. The fourth-order valence-electron chi connectivity index (χ4n) is 0.0471. The van der Waals surface area contributed by atoms with Crippen molar-refractivity contribution in [3.63, 3.8) is 0 Å². The smallest absolute Gasteiger partial charge is 0.281 e. The van der Waals surface area contributed by atoms with Crippen LogP contribution in [-0.2, 0) is 31.7 Å². The predicted octanol–water partition coefficient (Wildman–Crippen LogP) is -0.716. The van der Waals surface area contributed by atoms with E-state index in [1.54, 1.807) is 0 Å². The molecule has 0 spiro atoms. The molecule has 0 saturated carbocycles. The molecule has 0 aliphatic rings. The fraction of sp³-hybridized carbons (Fsp3) is 0. The van der Waals surface area contributed by atoms with Crippen molar-refractivity contribution in [1.82, 2.24) is 0 Å². The van der Waals surface area contributed by atoms with E-state index in [9.17, 15) is 8.42 Å². The van der Waals surface area contributed by atoms with Gasteiger partial charge in [0.2, 0.25) is 0 Å². The molecule has 8 heavy (non-hydrogen) atoms. The van der Waals surface area contributed by atoms with E-state index in [1.165, 1.54) is 0 Å². The Morgan fingerprint density at radius 3 is 2.00 bits per heavy atom. The van der Waals surface area contributed by atoms with Crippen molar-refractivity contribution >= 4 is 10.4 Å². The predicted molar refractivity (Wildman–Crippen MR) is 18.2 cm³/mol. The summed E-state index contributed by atoms with van der Waals surface area (Å²) >= 11 is 0. The Bertz CT molecular complexity index is 177. The molecule has 0 rings (SSSR count). The van der Waals surface area contributed by atoms with Crippen LogP contribution in [0.25, 0.3) is 0 Å². The summed E-state index contributed by atoms with van der Waals surface area (Å²) < 4.78 is 29.3. The van der Waals surface area contributed by atoms with Crippen molar-refractivity contribution in [2.45, 2.75) is 0 Å². The SMILES string of the molecule is N#COS(=O)(=O)O.[Mn]. The van der Waals surface area contributed by atoms with Crippen molar-refractivity contribution in [2.75, 3.05) is 0 Å². The largest absolute Gasteiger partial charge is 0.456 e. The van der Waals surface area contributed by atoms with Gasteiger partial charge in [0.05, 0.1) is 0 Å². The maximum Gasteiger partial charge on any atom is 0.456 e. The second kappa shape index (κ2) is 3.69. The van der Waals surface area contributed by atoms with E-state index >= 15 is 0 Å². The van der Waals surface area contributed by atoms with Crippen LogP contribution >= 0.6 is 0 Å².